The van der Waals surface area contributed by atoms with Crippen LogP contribution in [0.25, 0.3) is 0 Å². The van der Waals surface area contributed by atoms with E-state index < -0.39 is 0 Å². The fraction of sp³-hybridized carbons (Fsp3) is 0.250. The van der Waals surface area contributed by atoms with Gasteiger partial charge >= 0.3 is 0 Å². The molecule has 0 atom stereocenters. The molecule has 0 saturated heterocycles. The summed E-state index contributed by atoms with van der Waals surface area (Å²) in [5, 5.41) is 5.55. The predicted molar refractivity (Wildman–Crippen MR) is 125 cm³/mol. The quantitative estimate of drug-likeness (QED) is 0.506. The zero-order valence-electron chi connectivity index (χ0n) is 17.4. The van der Waals surface area contributed by atoms with Crippen molar-refractivity contribution in [2.75, 3.05) is 18.5 Å². The van der Waals surface area contributed by atoms with E-state index in [1.807, 2.05) is 49.6 Å². The van der Waals surface area contributed by atoms with Crippen molar-refractivity contribution in [1.29, 1.82) is 0 Å². The molecule has 1 N–H and O–H groups in total. The molecule has 0 unspecified atom stereocenters. The van der Waals surface area contributed by atoms with Crippen LogP contribution in [0.4, 0.5) is 11.4 Å². The number of hydrogen-bond acceptors (Lipinski definition) is 6. The maximum atomic E-state index is 5.82. The molecule has 0 aliphatic carbocycles. The van der Waals surface area contributed by atoms with Crippen LogP contribution in [0.3, 0.4) is 0 Å². The van der Waals surface area contributed by atoms with E-state index in [4.69, 9.17) is 19.5 Å². The summed E-state index contributed by atoms with van der Waals surface area (Å²) >= 11 is 1.63. The number of aliphatic imine (C=N–C) groups is 2. The van der Waals surface area contributed by atoms with Crippen LogP contribution in [0.5, 0.6) is 11.5 Å². The minimum absolute atomic E-state index is 0.564. The predicted octanol–water partition coefficient (Wildman–Crippen LogP) is 6.06. The molecule has 154 valence electrons. The molecule has 1 aliphatic heterocycles. The molecule has 0 amide bonds. The maximum absolute atomic E-state index is 5.82. The Hall–Kier alpha value is -3.12. The monoisotopic (exact) mass is 419 g/mol. The number of rotatable bonds is 7. The first kappa shape index (κ1) is 20.2. The highest BCUT2D eigenvalue weighted by Crippen LogP contribution is 2.33. The molecule has 6 heteroatoms. The average Bonchev–Trinajstić information content (AvgIpc) is 3.23. The third-order valence-electron chi connectivity index (χ3n) is 4.72. The number of thiophene rings is 1. The van der Waals surface area contributed by atoms with Crippen molar-refractivity contribution in [3.63, 3.8) is 0 Å². The van der Waals surface area contributed by atoms with Crippen LogP contribution >= 0.6 is 11.3 Å². The van der Waals surface area contributed by atoms with Gasteiger partial charge in [-0.25, -0.2) is 9.98 Å². The smallest absolute Gasteiger partial charge is 0.172 e. The summed E-state index contributed by atoms with van der Waals surface area (Å²) < 4.78 is 11.5. The number of amidine groups is 2. The van der Waals surface area contributed by atoms with Gasteiger partial charge in [0, 0.05) is 5.56 Å². The van der Waals surface area contributed by atoms with Crippen molar-refractivity contribution in [1.82, 2.24) is 0 Å². The van der Waals surface area contributed by atoms with Crippen molar-refractivity contribution < 1.29 is 9.47 Å². The number of nitrogens with one attached hydrogen (secondary N) is 1. The van der Waals surface area contributed by atoms with Crippen LogP contribution in [0.1, 0.15) is 36.8 Å². The van der Waals surface area contributed by atoms with E-state index >= 15 is 0 Å². The number of hydrogen-bond donors (Lipinski definition) is 1. The molecule has 4 rings (SSSR count). The van der Waals surface area contributed by atoms with Gasteiger partial charge in [-0.05, 0) is 67.6 Å². The Morgan fingerprint density at radius 2 is 1.73 bits per heavy atom. The summed E-state index contributed by atoms with van der Waals surface area (Å²) in [6.07, 6.45) is 0.959. The van der Waals surface area contributed by atoms with Gasteiger partial charge < -0.3 is 14.8 Å². The van der Waals surface area contributed by atoms with Gasteiger partial charge in [0.1, 0.15) is 5.84 Å². The third kappa shape index (κ3) is 4.24. The molecule has 0 bridgehead atoms. The number of nitrogens with zero attached hydrogens (tertiary/aromatic N) is 2. The van der Waals surface area contributed by atoms with Crippen LogP contribution in [0.2, 0.25) is 0 Å². The lowest BCUT2D eigenvalue weighted by atomic mass is 10.1. The summed E-state index contributed by atoms with van der Waals surface area (Å²) in [6, 6.07) is 16.3. The molecule has 0 spiro atoms. The van der Waals surface area contributed by atoms with Crippen molar-refractivity contribution >= 4 is 34.4 Å². The van der Waals surface area contributed by atoms with Crippen molar-refractivity contribution in [3.8, 4) is 11.5 Å². The molecular weight excluding hydrogens is 394 g/mol. The standard InChI is InChI=1S/C24H25N3O2S/c1-4-16-9-11-18-19(14-16)26-23(27-24(25-18)22-8-7-13-30-22)17-10-12-20(28-5-2)21(15-17)29-6-3/h7-15H,4-6H2,1-3H3,(H,25,26,27). The van der Waals surface area contributed by atoms with E-state index in [-0.39, 0.29) is 0 Å². The highest BCUT2D eigenvalue weighted by molar-refractivity contribution is 7.12. The summed E-state index contributed by atoms with van der Waals surface area (Å²) in [5.74, 6) is 2.88. The van der Waals surface area contributed by atoms with E-state index in [0.29, 0.717) is 24.8 Å². The minimum Gasteiger partial charge on any atom is -0.490 e. The van der Waals surface area contributed by atoms with E-state index in [0.717, 1.165) is 39.8 Å². The topological polar surface area (TPSA) is 55.2 Å². The number of benzene rings is 2. The van der Waals surface area contributed by atoms with Gasteiger partial charge in [0.15, 0.2) is 17.3 Å². The van der Waals surface area contributed by atoms with Gasteiger partial charge in [-0.2, -0.15) is 0 Å². The number of ether oxygens (including phenoxy) is 2. The van der Waals surface area contributed by atoms with Gasteiger partial charge in [0.05, 0.1) is 29.5 Å². The molecule has 1 aromatic heterocycles. The Morgan fingerprint density at radius 3 is 2.47 bits per heavy atom. The number of fused-ring (bicyclic) bond motifs is 1. The highest BCUT2D eigenvalue weighted by Gasteiger charge is 2.18. The second-order valence-corrected chi connectivity index (χ2v) is 7.68. The fourth-order valence-corrected chi connectivity index (χ4v) is 3.91. The van der Waals surface area contributed by atoms with E-state index in [1.165, 1.54) is 5.56 Å². The SMILES string of the molecule is CCOc1ccc(C2=NC(c3cccs3)=Nc3ccc(CC)cc3N2)cc1OCC. The largest absolute Gasteiger partial charge is 0.490 e. The Balaban J connectivity index is 1.82. The van der Waals surface area contributed by atoms with E-state index in [1.54, 1.807) is 11.3 Å². The first-order valence-corrected chi connectivity index (χ1v) is 11.1. The average molecular weight is 420 g/mol. The highest BCUT2D eigenvalue weighted by atomic mass is 32.1. The molecule has 0 radical (unpaired) electrons. The lowest BCUT2D eigenvalue weighted by Gasteiger charge is -2.15. The van der Waals surface area contributed by atoms with E-state index in [2.05, 4.69) is 30.4 Å². The maximum Gasteiger partial charge on any atom is 0.172 e. The molecule has 5 nitrogen and oxygen atoms in total. The van der Waals surface area contributed by atoms with Crippen molar-refractivity contribution in [2.24, 2.45) is 9.98 Å². The van der Waals surface area contributed by atoms with Crippen molar-refractivity contribution in [2.45, 2.75) is 27.2 Å². The zero-order chi connectivity index (χ0) is 20.9. The summed E-state index contributed by atoms with van der Waals surface area (Å²) in [4.78, 5) is 10.8. The van der Waals surface area contributed by atoms with Gasteiger partial charge in [0.25, 0.3) is 0 Å². The molecule has 0 saturated carbocycles. The Morgan fingerprint density at radius 1 is 0.900 bits per heavy atom. The first-order valence-electron chi connectivity index (χ1n) is 10.2. The van der Waals surface area contributed by atoms with Gasteiger partial charge in [-0.15, -0.1) is 11.3 Å². The first-order chi connectivity index (χ1) is 14.7. The van der Waals surface area contributed by atoms with Crippen LogP contribution < -0.4 is 14.8 Å². The zero-order valence-corrected chi connectivity index (χ0v) is 18.3. The van der Waals surface area contributed by atoms with Gasteiger partial charge in [0.2, 0.25) is 0 Å². The Labute approximate surface area is 181 Å². The van der Waals surface area contributed by atoms with Gasteiger partial charge in [-0.1, -0.05) is 19.1 Å². The fourth-order valence-electron chi connectivity index (χ4n) is 3.25. The van der Waals surface area contributed by atoms with E-state index in [9.17, 15) is 0 Å². The second kappa shape index (κ2) is 9.13. The molecule has 2 aromatic carbocycles. The summed E-state index contributed by atoms with van der Waals surface area (Å²) in [5.41, 5.74) is 4.00. The summed E-state index contributed by atoms with van der Waals surface area (Å²) in [7, 11) is 0. The lowest BCUT2D eigenvalue weighted by molar-refractivity contribution is 0.288. The molecule has 30 heavy (non-hydrogen) atoms. The van der Waals surface area contributed by atoms with Crippen LogP contribution in [-0.4, -0.2) is 24.9 Å². The summed E-state index contributed by atoms with van der Waals surface area (Å²) in [6.45, 7) is 7.23. The second-order valence-electron chi connectivity index (χ2n) is 6.73. The van der Waals surface area contributed by atoms with Crippen LogP contribution in [0, 0.1) is 0 Å². The molecule has 0 fully saturated rings. The molecule has 1 aliphatic rings. The molecule has 3 aromatic rings. The normalized spacial score (nSPS) is 12.9. The molecular formula is C24H25N3O2S. The van der Waals surface area contributed by atoms with Gasteiger partial charge in [-0.3, -0.25) is 0 Å². The Bertz CT molecular complexity index is 1090. The molecule has 2 heterocycles. The lowest BCUT2D eigenvalue weighted by Crippen LogP contribution is -2.15. The van der Waals surface area contributed by atoms with Crippen LogP contribution in [-0.2, 0) is 6.42 Å². The number of aryl methyl sites for hydroxylation is 1. The third-order valence-corrected chi connectivity index (χ3v) is 5.59. The Kier molecular flexibility index (Phi) is 6.14. The van der Waals surface area contributed by atoms with Crippen molar-refractivity contribution in [3.05, 3.63) is 69.9 Å². The number of anilines is 1. The van der Waals surface area contributed by atoms with Crippen LogP contribution in [0.15, 0.2) is 63.9 Å². The minimum atomic E-state index is 0.564.